The van der Waals surface area contributed by atoms with Crippen molar-refractivity contribution in [1.82, 2.24) is 0 Å². The van der Waals surface area contributed by atoms with Crippen LogP contribution in [-0.4, -0.2) is 29.1 Å². The molecule has 0 aliphatic heterocycles. The molecule has 0 unspecified atom stereocenters. The molecule has 1 rings (SSSR count). The second-order valence-corrected chi connectivity index (χ2v) is 4.76. The van der Waals surface area contributed by atoms with Gasteiger partial charge in [-0.15, -0.1) is 6.58 Å². The molecule has 7 heteroatoms. The third kappa shape index (κ3) is 3.78. The summed E-state index contributed by atoms with van der Waals surface area (Å²) in [7, 11) is 0. The third-order valence-electron chi connectivity index (χ3n) is 2.48. The molecular weight excluding hydrogens is 316 g/mol. The second-order valence-electron chi connectivity index (χ2n) is 3.91. The van der Waals surface area contributed by atoms with Gasteiger partial charge in [-0.2, -0.15) is 0 Å². The first-order chi connectivity index (χ1) is 8.86. The first kappa shape index (κ1) is 15.2. The van der Waals surface area contributed by atoms with Crippen molar-refractivity contribution < 1.29 is 14.8 Å². The standard InChI is InChI=1S/C12H13BrN2O4/c1-3-4-14(7-12(16)17)11-5-8(2)10(15(18)19)6-9(11)13/h3,5-6H,1,4,7H2,2H3,(H,16,17). The van der Waals surface area contributed by atoms with Crippen molar-refractivity contribution in [2.75, 3.05) is 18.0 Å². The molecule has 0 saturated heterocycles. The summed E-state index contributed by atoms with van der Waals surface area (Å²) < 4.78 is 0.480. The predicted octanol–water partition coefficient (Wildman–Crippen LogP) is 2.74. The summed E-state index contributed by atoms with van der Waals surface area (Å²) in [6, 6.07) is 2.97. The molecule has 19 heavy (non-hydrogen) atoms. The van der Waals surface area contributed by atoms with Crippen molar-refractivity contribution in [3.63, 3.8) is 0 Å². The van der Waals surface area contributed by atoms with Crippen LogP contribution in [0, 0.1) is 17.0 Å². The molecule has 0 amide bonds. The molecule has 0 aliphatic rings. The van der Waals surface area contributed by atoms with Crippen molar-refractivity contribution in [3.8, 4) is 0 Å². The quantitative estimate of drug-likeness (QED) is 0.493. The second kappa shape index (κ2) is 6.33. The molecule has 0 heterocycles. The van der Waals surface area contributed by atoms with Crippen LogP contribution in [0.1, 0.15) is 5.56 Å². The number of carboxylic acid groups (broad SMARTS) is 1. The van der Waals surface area contributed by atoms with Gasteiger partial charge >= 0.3 is 5.97 Å². The Morgan fingerprint density at radius 2 is 2.26 bits per heavy atom. The number of aryl methyl sites for hydroxylation is 1. The highest BCUT2D eigenvalue weighted by Gasteiger charge is 2.18. The van der Waals surface area contributed by atoms with Crippen LogP contribution in [0.2, 0.25) is 0 Å². The summed E-state index contributed by atoms with van der Waals surface area (Å²) >= 11 is 3.24. The minimum absolute atomic E-state index is 0.00972. The number of hydrogen-bond donors (Lipinski definition) is 1. The summed E-state index contributed by atoms with van der Waals surface area (Å²) in [4.78, 5) is 22.7. The molecule has 0 spiro atoms. The van der Waals surface area contributed by atoms with Crippen LogP contribution in [0.3, 0.4) is 0 Å². The number of rotatable bonds is 6. The van der Waals surface area contributed by atoms with Crippen LogP contribution in [-0.2, 0) is 4.79 Å². The minimum Gasteiger partial charge on any atom is -0.480 e. The van der Waals surface area contributed by atoms with Gasteiger partial charge in [0.05, 0.1) is 10.6 Å². The lowest BCUT2D eigenvalue weighted by molar-refractivity contribution is -0.385. The number of nitrogens with zero attached hydrogens (tertiary/aromatic N) is 2. The molecule has 0 bridgehead atoms. The van der Waals surface area contributed by atoms with Gasteiger partial charge in [0.1, 0.15) is 6.54 Å². The zero-order valence-electron chi connectivity index (χ0n) is 10.3. The molecule has 1 aromatic carbocycles. The van der Waals surface area contributed by atoms with E-state index in [2.05, 4.69) is 22.5 Å². The maximum atomic E-state index is 10.8. The van der Waals surface area contributed by atoms with Crippen molar-refractivity contribution in [1.29, 1.82) is 0 Å². The molecule has 1 aromatic rings. The van der Waals surface area contributed by atoms with Gasteiger partial charge in [0.15, 0.2) is 0 Å². The van der Waals surface area contributed by atoms with E-state index in [1.54, 1.807) is 24.0 Å². The molecule has 0 aliphatic carbocycles. The van der Waals surface area contributed by atoms with E-state index in [0.717, 1.165) is 0 Å². The van der Waals surface area contributed by atoms with E-state index in [4.69, 9.17) is 5.11 Å². The third-order valence-corrected chi connectivity index (χ3v) is 3.11. The normalized spacial score (nSPS) is 10.0. The number of aliphatic carboxylic acids is 1. The Morgan fingerprint density at radius 1 is 1.63 bits per heavy atom. The molecule has 0 aromatic heterocycles. The zero-order valence-corrected chi connectivity index (χ0v) is 11.9. The van der Waals surface area contributed by atoms with Gasteiger partial charge in [0, 0.05) is 22.6 Å². The molecule has 102 valence electrons. The number of nitro groups is 1. The number of halogens is 1. The molecule has 0 saturated carbocycles. The fraction of sp³-hybridized carbons (Fsp3) is 0.250. The molecule has 0 fully saturated rings. The van der Waals surface area contributed by atoms with Crippen LogP contribution in [0.15, 0.2) is 29.3 Å². The maximum absolute atomic E-state index is 10.8. The number of hydrogen-bond acceptors (Lipinski definition) is 4. The Balaban J connectivity index is 3.23. The lowest BCUT2D eigenvalue weighted by atomic mass is 10.1. The van der Waals surface area contributed by atoms with Crippen molar-refractivity contribution in [3.05, 3.63) is 44.9 Å². The summed E-state index contributed by atoms with van der Waals surface area (Å²) in [6.07, 6.45) is 1.58. The Bertz CT molecular complexity index is 531. The monoisotopic (exact) mass is 328 g/mol. The van der Waals surface area contributed by atoms with Crippen LogP contribution in [0.25, 0.3) is 0 Å². The van der Waals surface area contributed by atoms with E-state index in [-0.39, 0.29) is 12.2 Å². The van der Waals surface area contributed by atoms with E-state index in [1.165, 1.54) is 6.07 Å². The van der Waals surface area contributed by atoms with Crippen LogP contribution >= 0.6 is 15.9 Å². The lowest BCUT2D eigenvalue weighted by Gasteiger charge is -2.22. The average Bonchev–Trinajstić information content (AvgIpc) is 2.30. The van der Waals surface area contributed by atoms with Crippen LogP contribution < -0.4 is 4.90 Å². The van der Waals surface area contributed by atoms with Crippen molar-refractivity contribution in [2.24, 2.45) is 0 Å². The fourth-order valence-electron chi connectivity index (χ4n) is 1.66. The van der Waals surface area contributed by atoms with E-state index in [9.17, 15) is 14.9 Å². The van der Waals surface area contributed by atoms with Gasteiger partial charge in [-0.05, 0) is 28.9 Å². The average molecular weight is 329 g/mol. The van der Waals surface area contributed by atoms with Crippen LogP contribution in [0.5, 0.6) is 0 Å². The topological polar surface area (TPSA) is 83.7 Å². The van der Waals surface area contributed by atoms with E-state index < -0.39 is 10.9 Å². The summed E-state index contributed by atoms with van der Waals surface area (Å²) in [6.45, 7) is 5.31. The number of nitro benzene ring substituents is 1. The molecule has 1 N–H and O–H groups in total. The summed E-state index contributed by atoms with van der Waals surface area (Å²) in [5, 5.41) is 19.7. The summed E-state index contributed by atoms with van der Waals surface area (Å²) in [5.74, 6) is -0.982. The smallest absolute Gasteiger partial charge is 0.323 e. The first-order valence-electron chi connectivity index (χ1n) is 5.39. The number of carboxylic acids is 1. The Hall–Kier alpha value is -1.89. The van der Waals surface area contributed by atoms with Crippen molar-refractivity contribution >= 4 is 33.3 Å². The zero-order chi connectivity index (χ0) is 14.6. The number of anilines is 1. The van der Waals surface area contributed by atoms with Crippen molar-refractivity contribution in [2.45, 2.75) is 6.92 Å². The molecule has 0 atom stereocenters. The highest BCUT2D eigenvalue weighted by atomic mass is 79.9. The van der Waals surface area contributed by atoms with Crippen LogP contribution in [0.4, 0.5) is 11.4 Å². The Morgan fingerprint density at radius 3 is 2.74 bits per heavy atom. The maximum Gasteiger partial charge on any atom is 0.323 e. The fourth-order valence-corrected chi connectivity index (χ4v) is 2.24. The van der Waals surface area contributed by atoms with Gasteiger partial charge in [-0.1, -0.05) is 6.08 Å². The Labute approximate surface area is 118 Å². The van der Waals surface area contributed by atoms with E-state index >= 15 is 0 Å². The van der Waals surface area contributed by atoms with Gasteiger partial charge < -0.3 is 10.0 Å². The number of benzene rings is 1. The largest absolute Gasteiger partial charge is 0.480 e. The van der Waals surface area contributed by atoms with Gasteiger partial charge in [0.25, 0.3) is 5.69 Å². The van der Waals surface area contributed by atoms with E-state index in [1.807, 2.05) is 0 Å². The molecule has 6 nitrogen and oxygen atoms in total. The highest BCUT2D eigenvalue weighted by molar-refractivity contribution is 9.10. The molecular formula is C12H13BrN2O4. The summed E-state index contributed by atoms with van der Waals surface area (Å²) in [5.41, 5.74) is 1.05. The lowest BCUT2D eigenvalue weighted by Crippen LogP contribution is -2.30. The van der Waals surface area contributed by atoms with Gasteiger partial charge in [-0.3, -0.25) is 14.9 Å². The first-order valence-corrected chi connectivity index (χ1v) is 6.18. The highest BCUT2D eigenvalue weighted by Crippen LogP contribution is 2.33. The SMILES string of the molecule is C=CCN(CC(=O)O)c1cc(C)c([N+](=O)[O-])cc1Br. The van der Waals surface area contributed by atoms with Gasteiger partial charge in [-0.25, -0.2) is 0 Å². The number of carbonyl (C=O) groups is 1. The van der Waals surface area contributed by atoms with Gasteiger partial charge in [0.2, 0.25) is 0 Å². The minimum atomic E-state index is -0.982. The molecule has 0 radical (unpaired) electrons. The van der Waals surface area contributed by atoms with E-state index in [0.29, 0.717) is 22.3 Å². The predicted molar refractivity (Wildman–Crippen MR) is 75.6 cm³/mol. The Kier molecular flexibility index (Phi) is 5.05.